The van der Waals surface area contributed by atoms with Gasteiger partial charge in [-0.1, -0.05) is 22.0 Å². The highest BCUT2D eigenvalue weighted by Crippen LogP contribution is 2.15. The van der Waals surface area contributed by atoms with Crippen LogP contribution in [0.5, 0.6) is 0 Å². The summed E-state index contributed by atoms with van der Waals surface area (Å²) < 4.78 is 13.6. The van der Waals surface area contributed by atoms with Crippen LogP contribution < -0.4 is 0 Å². The molecule has 0 amide bonds. The lowest BCUT2D eigenvalue weighted by molar-refractivity contribution is -0.117. The van der Waals surface area contributed by atoms with E-state index in [-0.39, 0.29) is 18.0 Å². The van der Waals surface area contributed by atoms with Gasteiger partial charge in [-0.3, -0.25) is 4.79 Å². The highest BCUT2D eigenvalue weighted by Gasteiger charge is 2.04. The Bertz CT molecular complexity index is 340. The van der Waals surface area contributed by atoms with Crippen molar-refractivity contribution in [1.82, 2.24) is 0 Å². The standard InChI is InChI=1S/C11H10BrFO/c1-2-3-11(14)6-8-4-9(12)7-10(13)5-8/h2,4-5,7H,1,3,6H2. The van der Waals surface area contributed by atoms with Crippen molar-refractivity contribution in [3.8, 4) is 0 Å². The fourth-order valence-corrected chi connectivity index (χ4v) is 1.69. The zero-order valence-electron chi connectivity index (χ0n) is 7.59. The maximum atomic E-state index is 12.9. The molecule has 0 radical (unpaired) electrons. The van der Waals surface area contributed by atoms with Gasteiger partial charge < -0.3 is 0 Å². The third kappa shape index (κ3) is 3.42. The molecule has 0 saturated heterocycles. The fraction of sp³-hybridized carbons (Fsp3) is 0.182. The van der Waals surface area contributed by atoms with Crippen LogP contribution in [0.1, 0.15) is 12.0 Å². The van der Waals surface area contributed by atoms with E-state index in [1.807, 2.05) is 0 Å². The minimum Gasteiger partial charge on any atom is -0.299 e. The van der Waals surface area contributed by atoms with Crippen LogP contribution in [0.25, 0.3) is 0 Å². The molecule has 0 saturated carbocycles. The predicted molar refractivity (Wildman–Crippen MR) is 57.6 cm³/mol. The van der Waals surface area contributed by atoms with E-state index in [1.165, 1.54) is 12.1 Å². The second-order valence-corrected chi connectivity index (χ2v) is 3.90. The molecule has 1 rings (SSSR count). The molecule has 0 aliphatic carbocycles. The molecule has 3 heteroatoms. The minimum absolute atomic E-state index is 0.0394. The average molecular weight is 257 g/mol. The van der Waals surface area contributed by atoms with Crippen molar-refractivity contribution in [3.05, 3.63) is 46.7 Å². The summed E-state index contributed by atoms with van der Waals surface area (Å²) in [5.41, 5.74) is 0.684. The summed E-state index contributed by atoms with van der Waals surface area (Å²) in [6, 6.07) is 4.47. The number of hydrogen-bond donors (Lipinski definition) is 0. The highest BCUT2D eigenvalue weighted by atomic mass is 79.9. The van der Waals surface area contributed by atoms with Crippen LogP contribution in [0.4, 0.5) is 4.39 Å². The van der Waals surface area contributed by atoms with Gasteiger partial charge in [0.2, 0.25) is 0 Å². The Morgan fingerprint density at radius 2 is 2.21 bits per heavy atom. The molecule has 0 heterocycles. The lowest BCUT2D eigenvalue weighted by atomic mass is 10.1. The minimum atomic E-state index is -0.333. The van der Waals surface area contributed by atoms with Crippen molar-refractivity contribution in [3.63, 3.8) is 0 Å². The fourth-order valence-electron chi connectivity index (χ4n) is 1.17. The Hall–Kier alpha value is -0.960. The molecule has 1 aromatic carbocycles. The second kappa shape index (κ2) is 5.05. The Morgan fingerprint density at radius 1 is 1.50 bits per heavy atom. The first-order valence-electron chi connectivity index (χ1n) is 4.19. The molecule has 1 nitrogen and oxygen atoms in total. The van der Waals surface area contributed by atoms with Crippen molar-refractivity contribution in [2.75, 3.05) is 0 Å². The summed E-state index contributed by atoms with van der Waals surface area (Å²) >= 11 is 3.17. The van der Waals surface area contributed by atoms with Crippen LogP contribution in [0.2, 0.25) is 0 Å². The monoisotopic (exact) mass is 256 g/mol. The van der Waals surface area contributed by atoms with E-state index in [1.54, 1.807) is 12.1 Å². The largest absolute Gasteiger partial charge is 0.299 e. The highest BCUT2D eigenvalue weighted by molar-refractivity contribution is 9.10. The van der Waals surface area contributed by atoms with Gasteiger partial charge in [0, 0.05) is 17.3 Å². The number of rotatable bonds is 4. The van der Waals surface area contributed by atoms with Gasteiger partial charge in [0.15, 0.2) is 0 Å². The van der Waals surface area contributed by atoms with Crippen molar-refractivity contribution in [2.24, 2.45) is 0 Å². The number of hydrogen-bond acceptors (Lipinski definition) is 1. The molecule has 0 bridgehead atoms. The molecule has 0 aliphatic rings. The molecule has 0 fully saturated rings. The zero-order chi connectivity index (χ0) is 10.6. The molecule has 0 spiro atoms. The Kier molecular flexibility index (Phi) is 4.01. The number of halogens is 2. The molecule has 0 unspecified atom stereocenters. The number of carbonyl (C=O) groups excluding carboxylic acids is 1. The quantitative estimate of drug-likeness (QED) is 0.756. The van der Waals surface area contributed by atoms with Crippen LogP contribution in [-0.2, 0) is 11.2 Å². The number of ketones is 1. The first-order valence-corrected chi connectivity index (χ1v) is 4.98. The van der Waals surface area contributed by atoms with Crippen LogP contribution in [0.3, 0.4) is 0 Å². The van der Waals surface area contributed by atoms with Gasteiger partial charge in [0.05, 0.1) is 0 Å². The van der Waals surface area contributed by atoms with E-state index >= 15 is 0 Å². The summed E-state index contributed by atoms with van der Waals surface area (Å²) in [7, 11) is 0. The average Bonchev–Trinajstić information content (AvgIpc) is 2.01. The van der Waals surface area contributed by atoms with Gasteiger partial charge >= 0.3 is 0 Å². The lowest BCUT2D eigenvalue weighted by Crippen LogP contribution is -2.01. The summed E-state index contributed by atoms with van der Waals surface area (Å²) in [6.07, 6.45) is 2.13. The van der Waals surface area contributed by atoms with Gasteiger partial charge in [0.1, 0.15) is 11.6 Å². The summed E-state index contributed by atoms with van der Waals surface area (Å²) in [6.45, 7) is 3.47. The van der Waals surface area contributed by atoms with Gasteiger partial charge in [-0.2, -0.15) is 0 Å². The zero-order valence-corrected chi connectivity index (χ0v) is 9.18. The van der Waals surface area contributed by atoms with E-state index < -0.39 is 0 Å². The number of allylic oxidation sites excluding steroid dienone is 1. The van der Waals surface area contributed by atoms with E-state index in [0.29, 0.717) is 16.5 Å². The van der Waals surface area contributed by atoms with E-state index in [2.05, 4.69) is 22.5 Å². The normalized spacial score (nSPS) is 9.86. The lowest BCUT2D eigenvalue weighted by Gasteiger charge is -2.00. The van der Waals surface area contributed by atoms with Crippen LogP contribution in [-0.4, -0.2) is 5.78 Å². The summed E-state index contributed by atoms with van der Waals surface area (Å²) in [5, 5.41) is 0. The predicted octanol–water partition coefficient (Wildman–Crippen LogP) is 3.28. The topological polar surface area (TPSA) is 17.1 Å². The molecular formula is C11H10BrFO. The molecule has 1 aromatic rings. The van der Waals surface area contributed by atoms with Crippen molar-refractivity contribution < 1.29 is 9.18 Å². The Morgan fingerprint density at radius 3 is 2.79 bits per heavy atom. The number of carbonyl (C=O) groups is 1. The van der Waals surface area contributed by atoms with Gasteiger partial charge in [-0.25, -0.2) is 4.39 Å². The maximum absolute atomic E-state index is 12.9. The Balaban J connectivity index is 2.76. The van der Waals surface area contributed by atoms with Crippen LogP contribution in [0, 0.1) is 5.82 Å². The molecule has 0 aromatic heterocycles. The third-order valence-electron chi connectivity index (χ3n) is 1.70. The molecule has 0 N–H and O–H groups in total. The molecule has 0 aliphatic heterocycles. The van der Waals surface area contributed by atoms with E-state index in [9.17, 15) is 9.18 Å². The first kappa shape index (κ1) is 11.1. The molecule has 0 atom stereocenters. The van der Waals surface area contributed by atoms with Crippen molar-refractivity contribution >= 4 is 21.7 Å². The summed E-state index contributed by atoms with van der Waals surface area (Å²) in [5.74, 6) is -0.293. The van der Waals surface area contributed by atoms with Crippen LogP contribution >= 0.6 is 15.9 Å². The molecular weight excluding hydrogens is 247 g/mol. The summed E-state index contributed by atoms with van der Waals surface area (Å²) in [4.78, 5) is 11.2. The molecule has 74 valence electrons. The van der Waals surface area contributed by atoms with Gasteiger partial charge in [-0.05, 0) is 23.8 Å². The second-order valence-electron chi connectivity index (χ2n) is 2.99. The van der Waals surface area contributed by atoms with E-state index in [4.69, 9.17) is 0 Å². The Labute approximate surface area is 90.8 Å². The van der Waals surface area contributed by atoms with Gasteiger partial charge in [-0.15, -0.1) is 6.58 Å². The number of benzene rings is 1. The maximum Gasteiger partial charge on any atom is 0.140 e. The van der Waals surface area contributed by atoms with Crippen molar-refractivity contribution in [2.45, 2.75) is 12.8 Å². The van der Waals surface area contributed by atoms with Crippen LogP contribution in [0.15, 0.2) is 35.3 Å². The smallest absolute Gasteiger partial charge is 0.140 e. The van der Waals surface area contributed by atoms with Gasteiger partial charge in [0.25, 0.3) is 0 Å². The molecule has 14 heavy (non-hydrogen) atoms. The number of Topliss-reactive ketones (excluding diaryl/α,β-unsaturated/α-hetero) is 1. The first-order chi connectivity index (χ1) is 6.61. The van der Waals surface area contributed by atoms with Crippen molar-refractivity contribution in [1.29, 1.82) is 0 Å². The van der Waals surface area contributed by atoms with E-state index in [0.717, 1.165) is 0 Å². The SMILES string of the molecule is C=CCC(=O)Cc1cc(F)cc(Br)c1. The third-order valence-corrected chi connectivity index (χ3v) is 2.15.